The van der Waals surface area contributed by atoms with Gasteiger partial charge in [-0.05, 0) is 31.0 Å². The van der Waals surface area contributed by atoms with Gasteiger partial charge in [-0.15, -0.1) is 0 Å². The van der Waals surface area contributed by atoms with Gasteiger partial charge in [0, 0.05) is 31.5 Å². The summed E-state index contributed by atoms with van der Waals surface area (Å²) >= 11 is 0. The Morgan fingerprint density at radius 3 is 2.50 bits per heavy atom. The van der Waals surface area contributed by atoms with Gasteiger partial charge in [-0.25, -0.2) is 0 Å². The van der Waals surface area contributed by atoms with Gasteiger partial charge in [-0.2, -0.15) is 0 Å². The summed E-state index contributed by atoms with van der Waals surface area (Å²) in [5, 5.41) is 3.50. The Morgan fingerprint density at radius 1 is 1.28 bits per heavy atom. The van der Waals surface area contributed by atoms with E-state index in [4.69, 9.17) is 4.74 Å². The van der Waals surface area contributed by atoms with Gasteiger partial charge in [0.25, 0.3) is 0 Å². The van der Waals surface area contributed by atoms with Gasteiger partial charge in [0.05, 0.1) is 6.10 Å². The van der Waals surface area contributed by atoms with Crippen LogP contribution in [0.3, 0.4) is 0 Å². The quantitative estimate of drug-likeness (QED) is 0.770. The number of pyridine rings is 1. The van der Waals surface area contributed by atoms with Crippen LogP contribution in [0.1, 0.15) is 38.4 Å². The van der Waals surface area contributed by atoms with Crippen LogP contribution in [0.2, 0.25) is 0 Å². The minimum atomic E-state index is 0.248. The fourth-order valence-corrected chi connectivity index (χ4v) is 2.22. The molecule has 2 atom stereocenters. The number of nitrogens with zero attached hydrogens (tertiary/aromatic N) is 1. The monoisotopic (exact) mass is 250 g/mol. The lowest BCUT2D eigenvalue weighted by Crippen LogP contribution is -2.42. The molecule has 0 aliphatic carbocycles. The number of rotatable bonds is 8. The number of aromatic nitrogens is 1. The Labute approximate surface area is 111 Å². The predicted octanol–water partition coefficient (Wildman–Crippen LogP) is 2.59. The highest BCUT2D eigenvalue weighted by molar-refractivity contribution is 5.15. The van der Waals surface area contributed by atoms with E-state index in [1.807, 2.05) is 6.20 Å². The number of ether oxygens (including phenoxy) is 1. The third-order valence-corrected chi connectivity index (χ3v) is 3.34. The van der Waals surface area contributed by atoms with Crippen molar-refractivity contribution in [2.45, 2.75) is 52.2 Å². The van der Waals surface area contributed by atoms with Crippen LogP contribution in [0, 0.1) is 0 Å². The van der Waals surface area contributed by atoms with Crippen LogP contribution in [-0.4, -0.2) is 30.8 Å². The molecule has 0 aliphatic rings. The summed E-state index contributed by atoms with van der Waals surface area (Å²) in [5.41, 5.74) is 2.42. The van der Waals surface area contributed by atoms with E-state index in [-0.39, 0.29) is 6.10 Å². The highest BCUT2D eigenvalue weighted by atomic mass is 16.5. The molecule has 0 aliphatic heterocycles. The van der Waals surface area contributed by atoms with Gasteiger partial charge in [-0.3, -0.25) is 4.98 Å². The van der Waals surface area contributed by atoms with Crippen molar-refractivity contribution in [2.75, 3.05) is 13.7 Å². The van der Waals surface area contributed by atoms with Crippen molar-refractivity contribution < 1.29 is 4.74 Å². The Morgan fingerprint density at radius 2 is 2.06 bits per heavy atom. The average molecular weight is 250 g/mol. The molecule has 0 saturated heterocycles. The highest BCUT2D eigenvalue weighted by Gasteiger charge is 2.19. The standard InChI is InChI=1S/C15H26N2O/c1-5-12-8-9-13(17-11-12)10-14(16-7-3)15(6-2)18-4/h8-9,11,14-16H,5-7,10H2,1-4H3. The van der Waals surface area contributed by atoms with Crippen LogP contribution in [0.15, 0.2) is 18.3 Å². The Hall–Kier alpha value is -0.930. The van der Waals surface area contributed by atoms with Crippen molar-refractivity contribution in [1.82, 2.24) is 10.3 Å². The molecule has 3 heteroatoms. The van der Waals surface area contributed by atoms with E-state index < -0.39 is 0 Å². The molecule has 3 nitrogen and oxygen atoms in total. The van der Waals surface area contributed by atoms with Crippen molar-refractivity contribution >= 4 is 0 Å². The van der Waals surface area contributed by atoms with Crippen LogP contribution >= 0.6 is 0 Å². The van der Waals surface area contributed by atoms with Gasteiger partial charge in [0.2, 0.25) is 0 Å². The van der Waals surface area contributed by atoms with E-state index >= 15 is 0 Å². The van der Waals surface area contributed by atoms with Crippen LogP contribution < -0.4 is 5.32 Å². The summed E-state index contributed by atoms with van der Waals surface area (Å²) in [6.45, 7) is 7.39. The van der Waals surface area contributed by atoms with E-state index in [0.29, 0.717) is 6.04 Å². The lowest BCUT2D eigenvalue weighted by atomic mass is 10.0. The number of aryl methyl sites for hydroxylation is 1. The molecule has 0 fully saturated rings. The smallest absolute Gasteiger partial charge is 0.0725 e. The average Bonchev–Trinajstić information content (AvgIpc) is 2.41. The summed E-state index contributed by atoms with van der Waals surface area (Å²) < 4.78 is 5.54. The zero-order valence-corrected chi connectivity index (χ0v) is 12.1. The van der Waals surface area contributed by atoms with E-state index in [1.165, 1.54) is 5.56 Å². The summed E-state index contributed by atoms with van der Waals surface area (Å²) in [6, 6.07) is 4.63. The molecular formula is C15H26N2O. The lowest BCUT2D eigenvalue weighted by molar-refractivity contribution is 0.0655. The fraction of sp³-hybridized carbons (Fsp3) is 0.667. The third-order valence-electron chi connectivity index (χ3n) is 3.34. The zero-order chi connectivity index (χ0) is 13.4. The minimum Gasteiger partial charge on any atom is -0.380 e. The Kier molecular flexibility index (Phi) is 6.91. The molecule has 1 aromatic heterocycles. The molecule has 0 bridgehead atoms. The van der Waals surface area contributed by atoms with E-state index in [2.05, 4.69) is 43.2 Å². The first kappa shape index (κ1) is 15.1. The maximum Gasteiger partial charge on any atom is 0.0725 e. The van der Waals surface area contributed by atoms with Crippen molar-refractivity contribution in [1.29, 1.82) is 0 Å². The summed E-state index contributed by atoms with van der Waals surface area (Å²) in [6.07, 6.45) is 5.20. The van der Waals surface area contributed by atoms with Crippen LogP contribution in [0.4, 0.5) is 0 Å². The molecule has 1 N–H and O–H groups in total. The van der Waals surface area contributed by atoms with E-state index in [9.17, 15) is 0 Å². The number of hydrogen-bond donors (Lipinski definition) is 1. The number of nitrogens with one attached hydrogen (secondary N) is 1. The van der Waals surface area contributed by atoms with E-state index in [1.54, 1.807) is 7.11 Å². The predicted molar refractivity (Wildman–Crippen MR) is 75.9 cm³/mol. The summed E-state index contributed by atoms with van der Waals surface area (Å²) in [5.74, 6) is 0. The van der Waals surface area contributed by atoms with Gasteiger partial charge in [-0.1, -0.05) is 26.8 Å². The van der Waals surface area contributed by atoms with Gasteiger partial charge in [0.15, 0.2) is 0 Å². The molecule has 1 rings (SSSR count). The number of hydrogen-bond acceptors (Lipinski definition) is 3. The summed E-state index contributed by atoms with van der Waals surface area (Å²) in [7, 11) is 1.78. The van der Waals surface area contributed by atoms with Crippen LogP contribution in [0.25, 0.3) is 0 Å². The van der Waals surface area contributed by atoms with Crippen LogP contribution in [0.5, 0.6) is 0 Å². The second-order valence-corrected chi connectivity index (χ2v) is 4.56. The second kappa shape index (κ2) is 8.22. The maximum atomic E-state index is 5.54. The first-order chi connectivity index (χ1) is 8.74. The molecule has 0 amide bonds. The molecule has 18 heavy (non-hydrogen) atoms. The van der Waals surface area contributed by atoms with Gasteiger partial charge < -0.3 is 10.1 Å². The van der Waals surface area contributed by atoms with Crippen molar-refractivity contribution in [2.24, 2.45) is 0 Å². The minimum absolute atomic E-state index is 0.248. The Bertz CT molecular complexity index is 320. The second-order valence-electron chi connectivity index (χ2n) is 4.56. The first-order valence-electron chi connectivity index (χ1n) is 6.95. The number of likely N-dealkylation sites (N-methyl/N-ethyl adjacent to an activating group) is 1. The van der Waals surface area contributed by atoms with Crippen LogP contribution in [-0.2, 0) is 17.6 Å². The first-order valence-corrected chi connectivity index (χ1v) is 6.95. The van der Waals surface area contributed by atoms with Gasteiger partial charge >= 0.3 is 0 Å². The topological polar surface area (TPSA) is 34.2 Å². The molecule has 1 aromatic rings. The fourth-order valence-electron chi connectivity index (χ4n) is 2.22. The van der Waals surface area contributed by atoms with Crippen molar-refractivity contribution in [3.05, 3.63) is 29.6 Å². The molecule has 0 radical (unpaired) electrons. The molecule has 0 saturated carbocycles. The highest BCUT2D eigenvalue weighted by Crippen LogP contribution is 2.10. The summed E-state index contributed by atoms with van der Waals surface area (Å²) in [4.78, 5) is 4.53. The third kappa shape index (κ3) is 4.39. The molecule has 102 valence electrons. The largest absolute Gasteiger partial charge is 0.380 e. The normalized spacial score (nSPS) is 14.4. The van der Waals surface area contributed by atoms with E-state index in [0.717, 1.165) is 31.5 Å². The van der Waals surface area contributed by atoms with Gasteiger partial charge in [0.1, 0.15) is 0 Å². The van der Waals surface area contributed by atoms with Crippen molar-refractivity contribution in [3.8, 4) is 0 Å². The molecule has 0 spiro atoms. The molecular weight excluding hydrogens is 224 g/mol. The molecule has 0 aromatic carbocycles. The van der Waals surface area contributed by atoms with Crippen molar-refractivity contribution in [3.63, 3.8) is 0 Å². The maximum absolute atomic E-state index is 5.54. The number of methoxy groups -OCH3 is 1. The Balaban J connectivity index is 2.69. The SMILES string of the molecule is CCNC(Cc1ccc(CC)cn1)C(CC)OC. The lowest BCUT2D eigenvalue weighted by Gasteiger charge is -2.25. The molecule has 2 unspecified atom stereocenters. The molecule has 1 heterocycles. The zero-order valence-electron chi connectivity index (χ0n) is 12.1.